The molecule has 0 amide bonds. The number of nitrogens with zero attached hydrogens (tertiary/aromatic N) is 1. The van der Waals surface area contributed by atoms with E-state index < -0.39 is 0 Å². The van der Waals surface area contributed by atoms with Crippen LogP contribution >= 0.6 is 0 Å². The van der Waals surface area contributed by atoms with Gasteiger partial charge in [-0.25, -0.2) is 10.4 Å². The van der Waals surface area contributed by atoms with Crippen LogP contribution in [0.25, 0.3) is 0 Å². The summed E-state index contributed by atoms with van der Waals surface area (Å²) in [5, 5.41) is 2.13. The molecule has 1 saturated heterocycles. The summed E-state index contributed by atoms with van der Waals surface area (Å²) >= 11 is 0. The molecule has 1 atom stereocenters. The zero-order valence-corrected chi connectivity index (χ0v) is 12.0. The Kier molecular flexibility index (Phi) is 5.01. The summed E-state index contributed by atoms with van der Waals surface area (Å²) in [4.78, 5) is 0. The fourth-order valence-corrected chi connectivity index (χ4v) is 3.16. The zero-order chi connectivity index (χ0) is 13.0. The Morgan fingerprint density at radius 1 is 1.00 bits per heavy atom. The number of rotatable bonds is 2. The molecule has 0 aromatic rings. The van der Waals surface area contributed by atoms with Crippen LogP contribution < -0.4 is 16.7 Å². The van der Waals surface area contributed by atoms with Crippen molar-refractivity contribution in [2.24, 2.45) is 11.7 Å². The average Bonchev–Trinajstić information content (AvgIpc) is 2.82. The van der Waals surface area contributed by atoms with Gasteiger partial charge >= 0.3 is 0 Å². The number of hydrazine groups is 2. The maximum atomic E-state index is 6.14. The summed E-state index contributed by atoms with van der Waals surface area (Å²) in [6, 6.07) is 0.561. The second kappa shape index (κ2) is 6.33. The normalized spacial score (nSPS) is 29.8. The van der Waals surface area contributed by atoms with E-state index in [-0.39, 0.29) is 5.66 Å². The lowest BCUT2D eigenvalue weighted by atomic mass is 9.90. The van der Waals surface area contributed by atoms with E-state index in [0.29, 0.717) is 6.04 Å². The quantitative estimate of drug-likeness (QED) is 0.706. The summed E-state index contributed by atoms with van der Waals surface area (Å²) in [6.07, 6.45) is 11.3. The fraction of sp³-hybridized carbons (Fsp3) is 1.00. The van der Waals surface area contributed by atoms with Crippen LogP contribution in [0.2, 0.25) is 0 Å². The Labute approximate surface area is 112 Å². The molecule has 1 aliphatic heterocycles. The van der Waals surface area contributed by atoms with Crippen molar-refractivity contribution >= 4 is 0 Å². The molecule has 2 aliphatic rings. The SMILES string of the molecule is CC(C)(N)N1CC(C2CCCCCCCC2)NN1. The minimum absolute atomic E-state index is 0.291. The number of hydrogen-bond acceptors (Lipinski definition) is 4. The highest BCUT2D eigenvalue weighted by molar-refractivity contribution is 4.86. The number of hydrogen-bond donors (Lipinski definition) is 3. The van der Waals surface area contributed by atoms with Crippen LogP contribution in [0.15, 0.2) is 0 Å². The van der Waals surface area contributed by atoms with E-state index in [1.54, 1.807) is 0 Å². The Morgan fingerprint density at radius 2 is 1.56 bits per heavy atom. The molecule has 18 heavy (non-hydrogen) atoms. The lowest BCUT2D eigenvalue weighted by Gasteiger charge is -2.30. The largest absolute Gasteiger partial charge is 0.313 e. The summed E-state index contributed by atoms with van der Waals surface area (Å²) in [7, 11) is 0. The Hall–Kier alpha value is -0.160. The molecule has 1 heterocycles. The monoisotopic (exact) mass is 254 g/mol. The van der Waals surface area contributed by atoms with Crippen LogP contribution in [0, 0.1) is 5.92 Å². The maximum absolute atomic E-state index is 6.14. The van der Waals surface area contributed by atoms with Gasteiger partial charge in [0, 0.05) is 12.6 Å². The molecule has 2 fully saturated rings. The third-order valence-corrected chi connectivity index (χ3v) is 4.43. The molecule has 4 N–H and O–H groups in total. The molecular weight excluding hydrogens is 224 g/mol. The van der Waals surface area contributed by atoms with Gasteiger partial charge in [0.25, 0.3) is 0 Å². The van der Waals surface area contributed by atoms with E-state index in [0.717, 1.165) is 12.5 Å². The molecule has 0 bridgehead atoms. The van der Waals surface area contributed by atoms with Gasteiger partial charge < -0.3 is 5.73 Å². The Bertz CT molecular complexity index is 239. The van der Waals surface area contributed by atoms with Gasteiger partial charge in [-0.1, -0.05) is 38.5 Å². The van der Waals surface area contributed by atoms with E-state index in [1.807, 2.05) is 13.8 Å². The van der Waals surface area contributed by atoms with Gasteiger partial charge in [0.2, 0.25) is 0 Å². The van der Waals surface area contributed by atoms with Crippen LogP contribution in [0.3, 0.4) is 0 Å². The van der Waals surface area contributed by atoms with E-state index >= 15 is 0 Å². The molecule has 0 aromatic carbocycles. The third-order valence-electron chi connectivity index (χ3n) is 4.43. The van der Waals surface area contributed by atoms with Crippen LogP contribution in [-0.4, -0.2) is 23.3 Å². The minimum atomic E-state index is -0.291. The van der Waals surface area contributed by atoms with Crippen molar-refractivity contribution in [2.45, 2.75) is 76.9 Å². The molecule has 2 rings (SSSR count). The first-order valence-corrected chi connectivity index (χ1v) is 7.65. The molecule has 0 aromatic heterocycles. The van der Waals surface area contributed by atoms with E-state index in [1.165, 1.54) is 51.4 Å². The zero-order valence-electron chi connectivity index (χ0n) is 12.0. The minimum Gasteiger partial charge on any atom is -0.313 e. The summed E-state index contributed by atoms with van der Waals surface area (Å²) in [6.45, 7) is 5.12. The number of nitrogens with one attached hydrogen (secondary N) is 2. The molecule has 1 aliphatic carbocycles. The Morgan fingerprint density at radius 3 is 2.06 bits per heavy atom. The molecule has 0 spiro atoms. The van der Waals surface area contributed by atoms with E-state index in [2.05, 4.69) is 16.0 Å². The topological polar surface area (TPSA) is 53.3 Å². The van der Waals surface area contributed by atoms with Crippen molar-refractivity contribution in [1.29, 1.82) is 0 Å². The molecule has 1 unspecified atom stereocenters. The fourth-order valence-electron chi connectivity index (χ4n) is 3.16. The molecule has 106 valence electrons. The first kappa shape index (κ1) is 14.3. The highest BCUT2D eigenvalue weighted by atomic mass is 15.8. The average molecular weight is 254 g/mol. The Balaban J connectivity index is 1.86. The second-order valence-corrected chi connectivity index (χ2v) is 6.59. The standard InChI is InChI=1S/C14H30N4/c1-14(2,15)18-11-13(16-17-18)12-9-7-5-3-4-6-8-10-12/h12-13,16-17H,3-11,15H2,1-2H3. The first-order chi connectivity index (χ1) is 8.57. The molecular formula is C14H30N4. The van der Waals surface area contributed by atoms with Crippen molar-refractivity contribution in [2.75, 3.05) is 6.54 Å². The molecule has 0 radical (unpaired) electrons. The molecule has 1 saturated carbocycles. The number of nitrogens with two attached hydrogens (primary N) is 1. The summed E-state index contributed by atoms with van der Waals surface area (Å²) < 4.78 is 0. The van der Waals surface area contributed by atoms with Gasteiger partial charge in [0.05, 0.1) is 5.66 Å². The van der Waals surface area contributed by atoms with Crippen LogP contribution in [-0.2, 0) is 0 Å². The van der Waals surface area contributed by atoms with Crippen molar-refractivity contribution in [3.8, 4) is 0 Å². The van der Waals surface area contributed by atoms with E-state index in [9.17, 15) is 0 Å². The van der Waals surface area contributed by atoms with E-state index in [4.69, 9.17) is 5.73 Å². The van der Waals surface area contributed by atoms with Crippen molar-refractivity contribution < 1.29 is 0 Å². The lowest BCUT2D eigenvalue weighted by Crippen LogP contribution is -2.55. The molecule has 4 nitrogen and oxygen atoms in total. The maximum Gasteiger partial charge on any atom is 0.0777 e. The van der Waals surface area contributed by atoms with Crippen LogP contribution in [0.1, 0.15) is 65.2 Å². The van der Waals surface area contributed by atoms with Crippen LogP contribution in [0.4, 0.5) is 0 Å². The summed E-state index contributed by atoms with van der Waals surface area (Å²) in [5.41, 5.74) is 12.5. The molecule has 4 heteroatoms. The first-order valence-electron chi connectivity index (χ1n) is 7.65. The lowest BCUT2D eigenvalue weighted by molar-refractivity contribution is 0.0925. The van der Waals surface area contributed by atoms with Crippen molar-refractivity contribution in [3.05, 3.63) is 0 Å². The van der Waals surface area contributed by atoms with Gasteiger partial charge in [-0.05, 0) is 32.6 Å². The predicted molar refractivity (Wildman–Crippen MR) is 75.5 cm³/mol. The van der Waals surface area contributed by atoms with Crippen molar-refractivity contribution in [3.63, 3.8) is 0 Å². The second-order valence-electron chi connectivity index (χ2n) is 6.59. The van der Waals surface area contributed by atoms with Gasteiger partial charge in [-0.2, -0.15) is 5.53 Å². The van der Waals surface area contributed by atoms with Gasteiger partial charge in [0.15, 0.2) is 0 Å². The summed E-state index contributed by atoms with van der Waals surface area (Å²) in [5.74, 6) is 0.808. The third kappa shape index (κ3) is 3.92. The highest BCUT2D eigenvalue weighted by Gasteiger charge is 2.34. The van der Waals surface area contributed by atoms with Gasteiger partial charge in [-0.3, -0.25) is 0 Å². The highest BCUT2D eigenvalue weighted by Crippen LogP contribution is 2.26. The van der Waals surface area contributed by atoms with Gasteiger partial charge in [-0.15, -0.1) is 0 Å². The smallest absolute Gasteiger partial charge is 0.0777 e. The van der Waals surface area contributed by atoms with Crippen molar-refractivity contribution in [1.82, 2.24) is 16.0 Å². The van der Waals surface area contributed by atoms with Gasteiger partial charge in [0.1, 0.15) is 0 Å². The van der Waals surface area contributed by atoms with Crippen LogP contribution in [0.5, 0.6) is 0 Å². The predicted octanol–water partition coefficient (Wildman–Crippen LogP) is 2.13.